The Hall–Kier alpha value is -6.87. The highest BCUT2D eigenvalue weighted by atomic mass is 16.6. The standard InChI is InChI=1S/C45H63N9O12/c1-45(2,3)66-44(64)53-34(23-29-25-54(27-55)36-18-8-7-15-30(29)36)42(61)50-32(17-10-12-22-47)39(58)49-31(16-9-11-21-46)40(59)51-33(41(60)52-35(43(62)63)24-37(48)56)19-20-38(57)65-26-28-13-5-4-6-14-28/h4-8,13-15,18,25,27,31-35H,9-12,16-17,19-24,26,46-47H2,1-3H3,(H2,48,56)(H,49,58)(H,50,61)(H,51,59)(H,52,60)(H,53,64)(H,62,63)/t31-,32-,33-,34-,35-/m0/s1. The number of esters is 1. The highest BCUT2D eigenvalue weighted by molar-refractivity contribution is 5.97. The smallest absolute Gasteiger partial charge is 0.408 e. The number of carboxylic acids is 1. The molecule has 5 atom stereocenters. The molecule has 0 unspecified atom stereocenters. The van der Waals surface area contributed by atoms with Crippen molar-refractivity contribution in [2.75, 3.05) is 13.1 Å². The Morgan fingerprint density at radius 3 is 1.73 bits per heavy atom. The molecule has 6 amide bonds. The van der Waals surface area contributed by atoms with Gasteiger partial charge in [0.1, 0.15) is 42.4 Å². The summed E-state index contributed by atoms with van der Waals surface area (Å²) in [7, 11) is 0. The van der Waals surface area contributed by atoms with Crippen LogP contribution in [0.5, 0.6) is 0 Å². The minimum absolute atomic E-state index is 0.00522. The van der Waals surface area contributed by atoms with Gasteiger partial charge < -0.3 is 58.4 Å². The molecule has 3 rings (SSSR count). The number of carboxylic acid groups (broad SMARTS) is 1. The number of aliphatic carboxylic acids is 1. The second kappa shape index (κ2) is 26.8. The molecule has 0 saturated heterocycles. The summed E-state index contributed by atoms with van der Waals surface area (Å²) in [6.07, 6.45) is 1.13. The van der Waals surface area contributed by atoms with Crippen molar-refractivity contribution >= 4 is 64.9 Å². The van der Waals surface area contributed by atoms with Crippen LogP contribution in [0.3, 0.4) is 0 Å². The second-order valence-electron chi connectivity index (χ2n) is 16.6. The van der Waals surface area contributed by atoms with Crippen LogP contribution < -0.4 is 43.8 Å². The zero-order valence-corrected chi connectivity index (χ0v) is 37.5. The van der Waals surface area contributed by atoms with Crippen molar-refractivity contribution in [2.45, 2.75) is 127 Å². The monoisotopic (exact) mass is 921 g/mol. The number of nitrogens with two attached hydrogens (primary N) is 3. The number of primary amides is 1. The fraction of sp³-hybridized carbons (Fsp3) is 0.489. The van der Waals surface area contributed by atoms with Gasteiger partial charge >= 0.3 is 18.0 Å². The molecule has 0 fully saturated rings. The normalized spacial score (nSPS) is 13.5. The van der Waals surface area contributed by atoms with Crippen molar-refractivity contribution in [1.29, 1.82) is 0 Å². The molecule has 1 aromatic heterocycles. The molecule has 0 aliphatic rings. The van der Waals surface area contributed by atoms with Crippen molar-refractivity contribution < 1.29 is 57.7 Å². The number of amides is 6. The van der Waals surface area contributed by atoms with Crippen LogP contribution in [0.1, 0.15) is 89.7 Å². The van der Waals surface area contributed by atoms with Crippen molar-refractivity contribution in [2.24, 2.45) is 17.2 Å². The molecule has 360 valence electrons. The number of unbranched alkanes of at least 4 members (excludes halogenated alkanes) is 2. The summed E-state index contributed by atoms with van der Waals surface area (Å²) in [6, 6.07) is 8.39. The Morgan fingerprint density at radius 2 is 1.21 bits per heavy atom. The maximum Gasteiger partial charge on any atom is 0.408 e. The van der Waals surface area contributed by atoms with Crippen molar-refractivity contribution in [3.05, 3.63) is 71.9 Å². The summed E-state index contributed by atoms with van der Waals surface area (Å²) < 4.78 is 12.1. The molecule has 12 N–H and O–H groups in total. The Morgan fingerprint density at radius 1 is 0.697 bits per heavy atom. The third-order valence-corrected chi connectivity index (χ3v) is 10.1. The summed E-state index contributed by atoms with van der Waals surface area (Å²) in [5.41, 5.74) is 17.5. The molecule has 2 aromatic carbocycles. The molecule has 21 heteroatoms. The zero-order valence-electron chi connectivity index (χ0n) is 37.5. The van der Waals surface area contributed by atoms with Crippen molar-refractivity contribution in [3.8, 4) is 0 Å². The molecule has 0 saturated carbocycles. The average molecular weight is 922 g/mol. The molecule has 21 nitrogen and oxygen atoms in total. The van der Waals surface area contributed by atoms with E-state index in [1.807, 2.05) is 0 Å². The maximum atomic E-state index is 14.2. The number of alkyl carbamates (subject to hydrolysis) is 1. The first-order valence-corrected chi connectivity index (χ1v) is 21.7. The molecule has 0 aliphatic carbocycles. The molecule has 1 heterocycles. The number of nitrogens with zero attached hydrogens (tertiary/aromatic N) is 1. The van der Waals surface area contributed by atoms with E-state index in [9.17, 15) is 48.3 Å². The van der Waals surface area contributed by atoms with Crippen molar-refractivity contribution in [1.82, 2.24) is 31.2 Å². The van der Waals surface area contributed by atoms with E-state index >= 15 is 0 Å². The van der Waals surface area contributed by atoms with E-state index in [-0.39, 0.29) is 45.4 Å². The predicted octanol–water partition coefficient (Wildman–Crippen LogP) is 0.796. The first kappa shape index (κ1) is 53.5. The number of hydrogen-bond acceptors (Lipinski definition) is 13. The number of carbonyl (C=O) groups is 9. The second-order valence-corrected chi connectivity index (χ2v) is 16.6. The van der Waals surface area contributed by atoms with E-state index in [1.165, 1.54) is 10.8 Å². The number of carbonyl (C=O) groups excluding carboxylic acids is 8. The summed E-state index contributed by atoms with van der Waals surface area (Å²) in [6.45, 7) is 5.35. The number of nitrogens with one attached hydrogen (secondary N) is 5. The third-order valence-electron chi connectivity index (χ3n) is 10.1. The summed E-state index contributed by atoms with van der Waals surface area (Å²) in [5.74, 6) is -6.91. The van der Waals surface area contributed by atoms with Gasteiger partial charge in [-0.1, -0.05) is 48.5 Å². The number of rotatable bonds is 28. The first-order chi connectivity index (χ1) is 31.3. The van der Waals surface area contributed by atoms with E-state index in [0.29, 0.717) is 54.1 Å². The van der Waals surface area contributed by atoms with E-state index in [0.717, 1.165) is 0 Å². The Balaban J connectivity index is 1.91. The minimum Gasteiger partial charge on any atom is -0.480 e. The minimum atomic E-state index is -1.77. The SMILES string of the molecule is CC(C)(C)OC(=O)N[C@@H](Cc1cn(C=O)c2ccccc12)C(=O)N[C@@H](CCCCN)C(=O)N[C@@H](CCCCN)C(=O)N[C@@H](CCC(=O)OCc1ccccc1)C(=O)N[C@@H](CC(N)=O)C(=O)O. The quantitative estimate of drug-likeness (QED) is 0.0277. The summed E-state index contributed by atoms with van der Waals surface area (Å²) in [4.78, 5) is 117. The molecular weight excluding hydrogens is 859 g/mol. The summed E-state index contributed by atoms with van der Waals surface area (Å²) >= 11 is 0. The lowest BCUT2D eigenvalue weighted by Crippen LogP contribution is -2.59. The molecular formula is C45H63N9O12. The summed E-state index contributed by atoms with van der Waals surface area (Å²) in [5, 5.41) is 22.9. The highest BCUT2D eigenvalue weighted by Gasteiger charge is 2.34. The van der Waals surface area contributed by atoms with E-state index in [2.05, 4.69) is 26.6 Å². The molecule has 0 aliphatic heterocycles. The molecule has 3 aromatic rings. The van der Waals surface area contributed by atoms with E-state index < -0.39 is 96.2 Å². The van der Waals surface area contributed by atoms with Gasteiger partial charge in [0.2, 0.25) is 35.9 Å². The molecule has 0 spiro atoms. The van der Waals surface area contributed by atoms with E-state index in [1.54, 1.807) is 75.4 Å². The van der Waals surface area contributed by atoms with Gasteiger partial charge in [-0.15, -0.1) is 0 Å². The first-order valence-electron chi connectivity index (χ1n) is 21.7. The average Bonchev–Trinajstić information content (AvgIpc) is 3.62. The topological polar surface area (TPSA) is 335 Å². The lowest BCUT2D eigenvalue weighted by molar-refractivity contribution is -0.146. The van der Waals surface area contributed by atoms with Gasteiger partial charge in [0.05, 0.1) is 11.9 Å². The van der Waals surface area contributed by atoms with Gasteiger partial charge in [-0.2, -0.15) is 0 Å². The van der Waals surface area contributed by atoms with Crippen LogP contribution >= 0.6 is 0 Å². The Kier molecular flexibility index (Phi) is 21.7. The fourth-order valence-corrected chi connectivity index (χ4v) is 6.76. The molecule has 0 bridgehead atoms. The Bertz CT molecular complexity index is 2140. The van der Waals surface area contributed by atoms with Gasteiger partial charge in [0, 0.05) is 24.4 Å². The molecule has 0 radical (unpaired) electrons. The number of aromatic nitrogens is 1. The van der Waals surface area contributed by atoms with Gasteiger partial charge in [-0.25, -0.2) is 9.59 Å². The van der Waals surface area contributed by atoms with Gasteiger partial charge in [0.25, 0.3) is 0 Å². The van der Waals surface area contributed by atoms with Crippen molar-refractivity contribution in [3.63, 3.8) is 0 Å². The van der Waals surface area contributed by atoms with Crippen LogP contribution in [0.4, 0.5) is 4.79 Å². The largest absolute Gasteiger partial charge is 0.480 e. The van der Waals surface area contributed by atoms with Crippen LogP contribution in [0.2, 0.25) is 0 Å². The van der Waals surface area contributed by atoms with E-state index in [4.69, 9.17) is 26.7 Å². The number of hydrogen-bond donors (Lipinski definition) is 9. The third kappa shape index (κ3) is 18.3. The van der Waals surface area contributed by atoms with Crippen LogP contribution in [-0.4, -0.2) is 113 Å². The van der Waals surface area contributed by atoms with Crippen LogP contribution in [0.15, 0.2) is 60.8 Å². The Labute approximate surface area is 382 Å². The number of ether oxygens (including phenoxy) is 2. The lowest BCUT2D eigenvalue weighted by Gasteiger charge is -2.27. The zero-order chi connectivity index (χ0) is 48.8. The van der Waals surface area contributed by atoms with Gasteiger partial charge in [0.15, 0.2) is 0 Å². The fourth-order valence-electron chi connectivity index (χ4n) is 6.76. The van der Waals surface area contributed by atoms with Crippen LogP contribution in [0, 0.1) is 0 Å². The van der Waals surface area contributed by atoms with Gasteiger partial charge in [-0.3, -0.25) is 38.1 Å². The van der Waals surface area contributed by atoms with Crippen LogP contribution in [-0.2, 0) is 60.9 Å². The number of benzene rings is 2. The predicted molar refractivity (Wildman–Crippen MR) is 241 cm³/mol. The maximum absolute atomic E-state index is 14.2. The van der Waals surface area contributed by atoms with Crippen LogP contribution in [0.25, 0.3) is 10.9 Å². The lowest BCUT2D eigenvalue weighted by atomic mass is 10.0. The van der Waals surface area contributed by atoms with Gasteiger partial charge in [-0.05, 0) is 96.0 Å². The highest BCUT2D eigenvalue weighted by Crippen LogP contribution is 2.22. The molecule has 66 heavy (non-hydrogen) atoms. The number of para-hydroxylation sites is 1. The number of fused-ring (bicyclic) bond motifs is 1.